The maximum Gasteiger partial charge on any atom is 0.235 e. The highest BCUT2D eigenvalue weighted by molar-refractivity contribution is 14.1. The van der Waals surface area contributed by atoms with Crippen molar-refractivity contribution in [3.63, 3.8) is 0 Å². The van der Waals surface area contributed by atoms with Crippen molar-refractivity contribution in [3.05, 3.63) is 69.7 Å². The molecule has 0 amide bonds. The molecular weight excluding hydrogens is 450 g/mol. The lowest BCUT2D eigenvalue weighted by Gasteiger charge is -2.22. The van der Waals surface area contributed by atoms with E-state index < -0.39 is 0 Å². The first-order valence-electron chi connectivity index (χ1n) is 10.7. The second kappa shape index (κ2) is 10.7. The summed E-state index contributed by atoms with van der Waals surface area (Å²) in [5.41, 5.74) is 11.3. The molecule has 0 saturated heterocycles. The van der Waals surface area contributed by atoms with E-state index in [9.17, 15) is 0 Å². The van der Waals surface area contributed by atoms with Crippen LogP contribution in [-0.2, 0) is 0 Å². The van der Waals surface area contributed by atoms with Gasteiger partial charge in [-0.05, 0) is 71.2 Å². The third kappa shape index (κ3) is 5.75. The quantitative estimate of drug-likeness (QED) is 0.228. The Morgan fingerprint density at radius 3 is 1.61 bits per heavy atom. The molecule has 2 heteroatoms. The number of benzene rings is 2. The van der Waals surface area contributed by atoms with Gasteiger partial charge in [0.25, 0.3) is 0 Å². The lowest BCUT2D eigenvalue weighted by atomic mass is 9.37. The van der Waals surface area contributed by atoms with Gasteiger partial charge in [-0.3, -0.25) is 0 Å². The molecule has 0 fully saturated rings. The summed E-state index contributed by atoms with van der Waals surface area (Å²) in [6, 6.07) is 9.37. The summed E-state index contributed by atoms with van der Waals surface area (Å²) in [5.74, 6) is 3.19. The maximum absolute atomic E-state index is 2.51. The number of hydrogen-bond acceptors (Lipinski definition) is 0. The van der Waals surface area contributed by atoms with Crippen LogP contribution in [0.15, 0.2) is 36.3 Å². The highest BCUT2D eigenvalue weighted by Gasteiger charge is 2.24. The van der Waals surface area contributed by atoms with Gasteiger partial charge < -0.3 is 0 Å². The van der Waals surface area contributed by atoms with Crippen molar-refractivity contribution in [2.45, 2.75) is 67.7 Å². The first kappa shape index (κ1) is 23.3. The van der Waals surface area contributed by atoms with Crippen LogP contribution in [0.4, 0.5) is 0 Å². The van der Waals surface area contributed by atoms with E-state index in [1.807, 2.05) is 0 Å². The first-order valence-corrected chi connectivity index (χ1v) is 12.2. The lowest BCUT2D eigenvalue weighted by molar-refractivity contribution is 0.568. The van der Waals surface area contributed by atoms with Crippen molar-refractivity contribution < 1.29 is 0 Å². The zero-order valence-corrected chi connectivity index (χ0v) is 21.0. The second-order valence-electron chi connectivity index (χ2n) is 8.49. The Balaban J connectivity index is 2.61. The molecule has 0 aliphatic carbocycles. The van der Waals surface area contributed by atoms with Crippen molar-refractivity contribution in [2.75, 3.05) is 4.43 Å². The van der Waals surface area contributed by atoms with Crippen LogP contribution in [0.2, 0.25) is 0 Å². The summed E-state index contributed by atoms with van der Waals surface area (Å²) < 4.78 is 1.25. The van der Waals surface area contributed by atoms with Gasteiger partial charge in [0, 0.05) is 0 Å². The van der Waals surface area contributed by atoms with E-state index >= 15 is 0 Å². The highest BCUT2D eigenvalue weighted by atomic mass is 127. The van der Waals surface area contributed by atoms with E-state index in [2.05, 4.69) is 107 Å². The molecule has 2 aromatic carbocycles. The predicted molar refractivity (Wildman–Crippen MR) is 137 cm³/mol. The summed E-state index contributed by atoms with van der Waals surface area (Å²) in [4.78, 5) is 0. The van der Waals surface area contributed by atoms with Gasteiger partial charge in [0.15, 0.2) is 0 Å². The van der Waals surface area contributed by atoms with E-state index in [1.54, 1.807) is 0 Å². The minimum Gasteiger partial charge on any atom is -0.109 e. The van der Waals surface area contributed by atoms with Gasteiger partial charge in [0.05, 0.1) is 0 Å². The van der Waals surface area contributed by atoms with Crippen LogP contribution in [0.5, 0.6) is 0 Å². The number of rotatable bonds is 8. The van der Waals surface area contributed by atoms with Crippen LogP contribution in [0.3, 0.4) is 0 Å². The SMILES string of the molecule is CCC(/C=C/B(c1c(C)cc(C)cc1C)c1c(C)cc(C)cc1C)CCCI. The molecule has 0 aliphatic rings. The van der Waals surface area contributed by atoms with Gasteiger partial charge in [-0.15, -0.1) is 5.98 Å². The highest BCUT2D eigenvalue weighted by Crippen LogP contribution is 2.17. The van der Waals surface area contributed by atoms with E-state index in [-0.39, 0.29) is 0 Å². The molecule has 0 bridgehead atoms. The third-order valence-electron chi connectivity index (χ3n) is 5.91. The largest absolute Gasteiger partial charge is 0.235 e. The summed E-state index contributed by atoms with van der Waals surface area (Å²) in [6.07, 6.45) is 6.33. The normalized spacial score (nSPS) is 12.6. The third-order valence-corrected chi connectivity index (χ3v) is 6.67. The minimum atomic E-state index is 0.329. The average molecular weight is 486 g/mol. The van der Waals surface area contributed by atoms with Crippen LogP contribution < -0.4 is 10.9 Å². The molecule has 1 unspecified atom stereocenters. The zero-order chi connectivity index (χ0) is 20.8. The molecule has 0 N–H and O–H groups in total. The van der Waals surface area contributed by atoms with Crippen LogP contribution in [0.1, 0.15) is 59.6 Å². The molecule has 0 aliphatic heterocycles. The van der Waals surface area contributed by atoms with Crippen LogP contribution in [0, 0.1) is 47.5 Å². The predicted octanol–water partition coefficient (Wildman–Crippen LogP) is 6.48. The van der Waals surface area contributed by atoms with E-state index in [0.717, 1.165) is 0 Å². The fraction of sp³-hybridized carbons (Fsp3) is 0.462. The first-order chi connectivity index (χ1) is 13.3. The molecule has 150 valence electrons. The summed E-state index contributed by atoms with van der Waals surface area (Å²) in [6.45, 7) is 16.2. The Labute approximate surface area is 187 Å². The number of aryl methyl sites for hydroxylation is 6. The maximum atomic E-state index is 2.51. The molecule has 0 spiro atoms. The number of halogens is 1. The van der Waals surface area contributed by atoms with Gasteiger partial charge in [0.1, 0.15) is 0 Å². The monoisotopic (exact) mass is 486 g/mol. The van der Waals surface area contributed by atoms with Crippen LogP contribution in [-0.4, -0.2) is 11.1 Å². The van der Waals surface area contributed by atoms with Gasteiger partial charge in [-0.25, -0.2) is 0 Å². The minimum absolute atomic E-state index is 0.329. The Morgan fingerprint density at radius 2 is 1.25 bits per heavy atom. The molecule has 0 heterocycles. The molecule has 0 aromatic heterocycles. The van der Waals surface area contributed by atoms with Crippen LogP contribution in [0.25, 0.3) is 0 Å². The Bertz CT molecular complexity index is 731. The summed E-state index contributed by atoms with van der Waals surface area (Å²) >= 11 is 2.50. The molecule has 0 radical (unpaired) electrons. The van der Waals surface area contributed by atoms with E-state index in [0.29, 0.717) is 12.6 Å². The molecule has 0 nitrogen and oxygen atoms in total. The fourth-order valence-electron chi connectivity index (χ4n) is 4.74. The van der Waals surface area contributed by atoms with Crippen molar-refractivity contribution >= 4 is 40.2 Å². The number of allylic oxidation sites excluding steroid dienone is 1. The molecule has 1 atom stereocenters. The van der Waals surface area contributed by atoms with Crippen LogP contribution >= 0.6 is 22.6 Å². The number of hydrogen-bond donors (Lipinski definition) is 0. The van der Waals surface area contributed by atoms with Crippen molar-refractivity contribution in [1.29, 1.82) is 0 Å². The smallest absolute Gasteiger partial charge is 0.109 e. The molecular formula is C26H36BI. The Morgan fingerprint density at radius 1 is 0.821 bits per heavy atom. The van der Waals surface area contributed by atoms with Gasteiger partial charge >= 0.3 is 0 Å². The fourth-order valence-corrected chi connectivity index (χ4v) is 5.18. The molecule has 2 aromatic rings. The van der Waals surface area contributed by atoms with E-state index in [1.165, 1.54) is 68.0 Å². The topological polar surface area (TPSA) is 0 Å². The van der Waals surface area contributed by atoms with Gasteiger partial charge in [-0.1, -0.05) is 104 Å². The zero-order valence-electron chi connectivity index (χ0n) is 18.8. The van der Waals surface area contributed by atoms with Gasteiger partial charge in [0.2, 0.25) is 6.71 Å². The number of alkyl halides is 1. The standard InChI is InChI=1S/C26H36BI/c1-8-24(10-9-13-28)11-12-27(25-20(4)14-18(2)15-21(25)5)26-22(6)16-19(3)17-23(26)7/h11-12,14-17,24H,8-10,13H2,1-7H3/b12-11+. The van der Waals surface area contributed by atoms with Gasteiger partial charge in [-0.2, -0.15) is 0 Å². The van der Waals surface area contributed by atoms with E-state index in [4.69, 9.17) is 0 Å². The van der Waals surface area contributed by atoms with Crippen molar-refractivity contribution in [1.82, 2.24) is 0 Å². The summed E-state index contributed by atoms with van der Waals surface area (Å²) in [7, 11) is 0. The lowest BCUT2D eigenvalue weighted by Crippen LogP contribution is -2.46. The Kier molecular flexibility index (Phi) is 8.86. The second-order valence-corrected chi connectivity index (χ2v) is 9.57. The Hall–Kier alpha value is -1.03. The molecule has 28 heavy (non-hydrogen) atoms. The average Bonchev–Trinajstić information content (AvgIpc) is 2.59. The molecule has 2 rings (SSSR count). The molecule has 0 saturated carbocycles. The van der Waals surface area contributed by atoms with Crippen molar-refractivity contribution in [2.24, 2.45) is 5.92 Å². The van der Waals surface area contributed by atoms with Crippen molar-refractivity contribution in [3.8, 4) is 0 Å². The summed E-state index contributed by atoms with van der Waals surface area (Å²) in [5, 5.41) is 0.